The van der Waals surface area contributed by atoms with Crippen LogP contribution in [-0.2, 0) is 4.79 Å². The fraction of sp³-hybridized carbons (Fsp3) is 0.579. The average Bonchev–Trinajstić information content (AvgIpc) is 2.35. The number of hydrogen-bond donors (Lipinski definition) is 2. The van der Waals surface area contributed by atoms with E-state index in [1.807, 2.05) is 20.8 Å². The first kappa shape index (κ1) is 19.2. The highest BCUT2D eigenvalue weighted by atomic mass is 16.2. The molecule has 0 aliphatic carbocycles. The van der Waals surface area contributed by atoms with Gasteiger partial charge in [0.1, 0.15) is 0 Å². The number of anilines is 1. The number of amides is 2. The van der Waals surface area contributed by atoms with Gasteiger partial charge in [0.25, 0.3) is 5.91 Å². The van der Waals surface area contributed by atoms with Crippen LogP contribution in [0.2, 0.25) is 0 Å². The lowest BCUT2D eigenvalue weighted by Crippen LogP contribution is -2.40. The largest absolute Gasteiger partial charge is 0.347 e. The molecular weight excluding hydrogens is 288 g/mol. The van der Waals surface area contributed by atoms with Crippen LogP contribution in [0.3, 0.4) is 0 Å². The van der Waals surface area contributed by atoms with Crippen LogP contribution >= 0.6 is 0 Å². The quantitative estimate of drug-likeness (QED) is 0.873. The maximum Gasteiger partial charge on any atom is 0.251 e. The van der Waals surface area contributed by atoms with Crippen molar-refractivity contribution < 1.29 is 9.59 Å². The third kappa shape index (κ3) is 6.85. The van der Waals surface area contributed by atoms with Crippen LogP contribution in [0.15, 0.2) is 24.3 Å². The van der Waals surface area contributed by atoms with E-state index in [4.69, 9.17) is 0 Å². The molecule has 2 amide bonds. The van der Waals surface area contributed by atoms with Gasteiger partial charge in [-0.2, -0.15) is 0 Å². The van der Waals surface area contributed by atoms with Gasteiger partial charge in [0.15, 0.2) is 0 Å². The normalized spacial score (nSPS) is 13.3. The molecule has 4 heteroatoms. The molecule has 1 aromatic rings. The number of carbonyl (C=O) groups is 2. The summed E-state index contributed by atoms with van der Waals surface area (Å²) in [4.78, 5) is 24.4. The molecule has 1 atom stereocenters. The van der Waals surface area contributed by atoms with Crippen molar-refractivity contribution in [3.8, 4) is 0 Å². The minimum absolute atomic E-state index is 0.0270. The van der Waals surface area contributed by atoms with Gasteiger partial charge in [-0.3, -0.25) is 9.59 Å². The Morgan fingerprint density at radius 2 is 1.70 bits per heavy atom. The number of benzene rings is 1. The van der Waals surface area contributed by atoms with Crippen molar-refractivity contribution in [2.45, 2.75) is 60.4 Å². The maximum atomic E-state index is 12.2. The summed E-state index contributed by atoms with van der Waals surface area (Å²) >= 11 is 0. The van der Waals surface area contributed by atoms with E-state index >= 15 is 0 Å². The monoisotopic (exact) mass is 318 g/mol. The Hall–Kier alpha value is -1.84. The topological polar surface area (TPSA) is 58.2 Å². The summed E-state index contributed by atoms with van der Waals surface area (Å²) in [6.07, 6.45) is 0.460. The molecule has 128 valence electrons. The predicted molar refractivity (Wildman–Crippen MR) is 95.5 cm³/mol. The van der Waals surface area contributed by atoms with Gasteiger partial charge < -0.3 is 10.6 Å². The van der Waals surface area contributed by atoms with E-state index in [0.717, 1.165) is 0 Å². The first-order valence-electron chi connectivity index (χ1n) is 8.11. The Balaban J connectivity index is 2.74. The van der Waals surface area contributed by atoms with Crippen LogP contribution < -0.4 is 10.6 Å². The summed E-state index contributed by atoms with van der Waals surface area (Å²) < 4.78 is 0. The van der Waals surface area contributed by atoms with Crippen molar-refractivity contribution in [1.29, 1.82) is 0 Å². The molecule has 0 heterocycles. The lowest BCUT2D eigenvalue weighted by Gasteiger charge is -2.26. The molecule has 0 aliphatic heterocycles. The molecule has 1 rings (SSSR count). The average molecular weight is 318 g/mol. The summed E-state index contributed by atoms with van der Waals surface area (Å²) in [5.41, 5.74) is 0.990. The molecule has 0 aromatic heterocycles. The number of nitrogens with one attached hydrogen (secondary N) is 2. The Morgan fingerprint density at radius 1 is 1.09 bits per heavy atom. The van der Waals surface area contributed by atoms with Gasteiger partial charge in [0.2, 0.25) is 5.91 Å². The van der Waals surface area contributed by atoms with E-state index in [0.29, 0.717) is 17.7 Å². The van der Waals surface area contributed by atoms with E-state index in [2.05, 4.69) is 38.3 Å². The fourth-order valence-electron chi connectivity index (χ4n) is 1.95. The second-order valence-electron chi connectivity index (χ2n) is 8.30. The fourth-order valence-corrected chi connectivity index (χ4v) is 1.95. The van der Waals surface area contributed by atoms with Crippen molar-refractivity contribution >= 4 is 17.5 Å². The third-order valence-electron chi connectivity index (χ3n) is 3.87. The smallest absolute Gasteiger partial charge is 0.251 e. The SMILES string of the molecule is CC(CC(=O)Nc1cccc(C(=O)NC(C)(C)C)c1)C(C)(C)C. The minimum Gasteiger partial charge on any atom is -0.347 e. The van der Waals surface area contributed by atoms with Gasteiger partial charge in [-0.25, -0.2) is 0 Å². The van der Waals surface area contributed by atoms with Crippen molar-refractivity contribution in [3.63, 3.8) is 0 Å². The molecule has 0 saturated carbocycles. The van der Waals surface area contributed by atoms with Gasteiger partial charge >= 0.3 is 0 Å². The summed E-state index contributed by atoms with van der Waals surface area (Å²) in [5, 5.41) is 5.80. The summed E-state index contributed by atoms with van der Waals surface area (Å²) in [7, 11) is 0. The summed E-state index contributed by atoms with van der Waals surface area (Å²) in [5.74, 6) is 0.104. The highest BCUT2D eigenvalue weighted by Crippen LogP contribution is 2.28. The van der Waals surface area contributed by atoms with Crippen LogP contribution in [0.1, 0.15) is 65.2 Å². The standard InChI is InChI=1S/C19H30N2O2/c1-13(18(2,3)4)11-16(22)20-15-10-8-9-14(12-15)17(23)21-19(5,6)7/h8-10,12-13H,11H2,1-7H3,(H,20,22)(H,21,23). The van der Waals surface area contributed by atoms with E-state index in [1.54, 1.807) is 24.3 Å². The van der Waals surface area contributed by atoms with Crippen molar-refractivity contribution in [1.82, 2.24) is 5.32 Å². The first-order chi connectivity index (χ1) is 10.4. The number of rotatable bonds is 4. The zero-order chi connectivity index (χ0) is 17.8. The summed E-state index contributed by atoms with van der Waals surface area (Å²) in [6.45, 7) is 14.3. The zero-order valence-corrected chi connectivity index (χ0v) is 15.4. The van der Waals surface area contributed by atoms with E-state index in [9.17, 15) is 9.59 Å². The zero-order valence-electron chi connectivity index (χ0n) is 15.4. The third-order valence-corrected chi connectivity index (χ3v) is 3.87. The lowest BCUT2D eigenvalue weighted by atomic mass is 9.80. The van der Waals surface area contributed by atoms with Crippen molar-refractivity contribution in [3.05, 3.63) is 29.8 Å². The van der Waals surface area contributed by atoms with E-state index in [1.165, 1.54) is 0 Å². The second-order valence-corrected chi connectivity index (χ2v) is 8.30. The number of carbonyl (C=O) groups excluding carboxylic acids is 2. The molecule has 2 N–H and O–H groups in total. The van der Waals surface area contributed by atoms with Crippen LogP contribution in [0.5, 0.6) is 0 Å². The first-order valence-corrected chi connectivity index (χ1v) is 8.11. The van der Waals surface area contributed by atoms with Crippen LogP contribution in [0.4, 0.5) is 5.69 Å². The Morgan fingerprint density at radius 3 is 2.22 bits per heavy atom. The maximum absolute atomic E-state index is 12.2. The Labute approximate surface area is 140 Å². The molecule has 1 unspecified atom stereocenters. The van der Waals surface area contributed by atoms with Gasteiger partial charge in [0.05, 0.1) is 0 Å². The Bertz CT molecular complexity index is 565. The summed E-state index contributed by atoms with van der Waals surface area (Å²) in [6, 6.07) is 7.03. The van der Waals surface area contributed by atoms with Crippen LogP contribution in [0.25, 0.3) is 0 Å². The minimum atomic E-state index is -0.293. The molecule has 23 heavy (non-hydrogen) atoms. The van der Waals surface area contributed by atoms with Gasteiger partial charge in [0, 0.05) is 23.2 Å². The molecule has 0 spiro atoms. The Kier molecular flexibility index (Phi) is 5.98. The highest BCUT2D eigenvalue weighted by molar-refractivity contribution is 5.97. The second kappa shape index (κ2) is 7.16. The highest BCUT2D eigenvalue weighted by Gasteiger charge is 2.22. The molecule has 0 fully saturated rings. The van der Waals surface area contributed by atoms with Crippen molar-refractivity contribution in [2.75, 3.05) is 5.32 Å². The molecular formula is C19H30N2O2. The van der Waals surface area contributed by atoms with Gasteiger partial charge in [-0.15, -0.1) is 0 Å². The molecule has 1 aromatic carbocycles. The van der Waals surface area contributed by atoms with Gasteiger partial charge in [-0.05, 0) is 50.3 Å². The molecule has 0 bridgehead atoms. The van der Waals surface area contributed by atoms with E-state index in [-0.39, 0.29) is 28.7 Å². The lowest BCUT2D eigenvalue weighted by molar-refractivity contribution is -0.117. The predicted octanol–water partition coefficient (Wildman–Crippen LogP) is 4.23. The molecule has 4 nitrogen and oxygen atoms in total. The molecule has 0 saturated heterocycles. The van der Waals surface area contributed by atoms with Gasteiger partial charge in [-0.1, -0.05) is 33.8 Å². The molecule has 0 radical (unpaired) electrons. The van der Waals surface area contributed by atoms with Crippen LogP contribution in [-0.4, -0.2) is 17.4 Å². The molecule has 0 aliphatic rings. The number of hydrogen-bond acceptors (Lipinski definition) is 2. The van der Waals surface area contributed by atoms with Crippen LogP contribution in [0, 0.1) is 11.3 Å². The van der Waals surface area contributed by atoms with Crippen molar-refractivity contribution in [2.24, 2.45) is 11.3 Å². The van der Waals surface area contributed by atoms with E-state index < -0.39 is 0 Å².